The first-order chi connectivity index (χ1) is 11.9. The van der Waals surface area contributed by atoms with Crippen molar-refractivity contribution in [2.45, 2.75) is 0 Å². The second-order valence-corrected chi connectivity index (χ2v) is 8.28. The Bertz CT molecular complexity index is 1110. The largest absolute Gasteiger partial charge is 1.00 e. The van der Waals surface area contributed by atoms with E-state index in [4.69, 9.17) is 0 Å². The van der Waals surface area contributed by atoms with Crippen molar-refractivity contribution in [2.24, 2.45) is 4.40 Å². The van der Waals surface area contributed by atoms with Gasteiger partial charge in [-0.1, -0.05) is 34.1 Å². The molecule has 3 aromatic rings. The van der Waals surface area contributed by atoms with Crippen molar-refractivity contribution in [3.63, 3.8) is 0 Å². The third kappa shape index (κ3) is 5.03. The number of hydrogen-bond donors (Lipinski definition) is 0. The fraction of sp³-hybridized carbons (Fsp3) is 0. The van der Waals surface area contributed by atoms with Crippen LogP contribution >= 0.6 is 27.3 Å². The Balaban J connectivity index is 0.00000243. The van der Waals surface area contributed by atoms with Crippen LogP contribution in [-0.4, -0.2) is 14.3 Å². The van der Waals surface area contributed by atoms with E-state index in [2.05, 4.69) is 20.3 Å². The topological polar surface area (TPSA) is 69.6 Å². The van der Waals surface area contributed by atoms with Gasteiger partial charge in [0, 0.05) is 20.6 Å². The molecule has 0 spiro atoms. The Hall–Kier alpha value is -1.03. The maximum absolute atomic E-state index is 13.1. The molecule has 0 atom stereocenters. The maximum atomic E-state index is 13.1. The van der Waals surface area contributed by atoms with Crippen LogP contribution in [0.5, 0.6) is 0 Å². The van der Waals surface area contributed by atoms with E-state index >= 15 is 0 Å². The molecule has 0 saturated carbocycles. The fourth-order valence-corrected chi connectivity index (χ4v) is 4.30. The normalized spacial score (nSPS) is 12.5. The number of halogens is 2. The summed E-state index contributed by atoms with van der Waals surface area (Å²) >= 11 is 4.51. The average molecular weight is 462 g/mol. The molecule has 0 bridgehead atoms. The molecular weight excluding hydrogens is 452 g/mol. The molecule has 9 heteroatoms. The zero-order chi connectivity index (χ0) is 18.0. The van der Waals surface area contributed by atoms with E-state index in [1.54, 1.807) is 0 Å². The van der Waals surface area contributed by atoms with E-state index in [9.17, 15) is 17.9 Å². The predicted molar refractivity (Wildman–Crippen MR) is 100 cm³/mol. The third-order valence-electron chi connectivity index (χ3n) is 3.30. The monoisotopic (exact) mass is 461 g/mol. The van der Waals surface area contributed by atoms with Crippen molar-refractivity contribution in [1.29, 1.82) is 0 Å². The molecule has 26 heavy (non-hydrogen) atoms. The minimum atomic E-state index is -4.12. The Kier molecular flexibility index (Phi) is 7.18. The third-order valence-corrected chi connectivity index (χ3v) is 5.84. The van der Waals surface area contributed by atoms with Gasteiger partial charge in [0.25, 0.3) is 10.0 Å². The molecule has 128 valence electrons. The van der Waals surface area contributed by atoms with Gasteiger partial charge in [0.1, 0.15) is 5.82 Å². The summed E-state index contributed by atoms with van der Waals surface area (Å²) in [5.41, 5.74) is 0.703. The molecule has 0 aliphatic heterocycles. The summed E-state index contributed by atoms with van der Waals surface area (Å²) < 4.78 is 41.6. The summed E-state index contributed by atoms with van der Waals surface area (Å²) in [6, 6.07) is 10.9. The Morgan fingerprint density at radius 1 is 1.23 bits per heavy atom. The van der Waals surface area contributed by atoms with E-state index < -0.39 is 21.7 Å². The molecule has 0 saturated heterocycles. The minimum absolute atomic E-state index is 0. The van der Waals surface area contributed by atoms with Crippen molar-refractivity contribution in [2.75, 3.05) is 0 Å². The zero-order valence-corrected chi connectivity index (χ0v) is 18.7. The van der Waals surface area contributed by atoms with Gasteiger partial charge in [0.15, 0.2) is 0 Å². The number of thiophene rings is 1. The first-order valence-electron chi connectivity index (χ1n) is 6.97. The summed E-state index contributed by atoms with van der Waals surface area (Å²) in [5, 5.41) is 15.7. The van der Waals surface area contributed by atoms with Crippen LogP contribution in [0.1, 0.15) is 11.1 Å². The van der Waals surface area contributed by atoms with E-state index in [-0.39, 0.29) is 39.6 Å². The number of rotatable bonds is 4. The number of nitrogens with zero attached hydrogens (tertiary/aromatic N) is 1. The molecule has 0 amide bonds. The van der Waals surface area contributed by atoms with Gasteiger partial charge in [-0.05, 0) is 46.7 Å². The van der Waals surface area contributed by atoms with E-state index in [1.807, 2.05) is 29.6 Å². The Morgan fingerprint density at radius 2 is 1.96 bits per heavy atom. The second-order valence-electron chi connectivity index (χ2n) is 5.03. The molecular formula is C17H10BrFNNaO3S2. The second kappa shape index (κ2) is 8.77. The molecule has 3 rings (SSSR count). The first kappa shape index (κ1) is 21.3. The molecule has 4 nitrogen and oxygen atoms in total. The molecule has 0 unspecified atom stereocenters. The Morgan fingerprint density at radius 3 is 2.69 bits per heavy atom. The van der Waals surface area contributed by atoms with Crippen LogP contribution < -0.4 is 34.7 Å². The molecule has 0 aliphatic rings. The van der Waals surface area contributed by atoms with Crippen LogP contribution in [0.4, 0.5) is 4.39 Å². The number of fused-ring (bicyclic) bond motifs is 1. The van der Waals surface area contributed by atoms with Gasteiger partial charge < -0.3 is 5.11 Å². The van der Waals surface area contributed by atoms with Gasteiger partial charge in [-0.3, -0.25) is 0 Å². The van der Waals surface area contributed by atoms with Crippen LogP contribution in [0.3, 0.4) is 0 Å². The summed E-state index contributed by atoms with van der Waals surface area (Å²) in [5.74, 6) is -1.51. The smallest absolute Gasteiger partial charge is 0.858 e. The summed E-state index contributed by atoms with van der Waals surface area (Å²) in [6.07, 6.45) is 1.41. The predicted octanol–water partition coefficient (Wildman–Crippen LogP) is 0.914. The number of benzene rings is 2. The standard InChI is InChI=1S/C17H11BrFNO3S2.Na/c18-15-9-12(19)5-6-14(15)17(21)20-25(22,23)8-7-11-10-24-16-4-2-1-3-13(11)16;/h1-10H,(H,20,21);/q;+1/p-1/b8-7+;. The maximum Gasteiger partial charge on any atom is 1.00 e. The van der Waals surface area contributed by atoms with Gasteiger partial charge in [0.05, 0.1) is 5.41 Å². The van der Waals surface area contributed by atoms with E-state index in [0.717, 1.165) is 33.2 Å². The molecule has 2 aromatic carbocycles. The summed E-state index contributed by atoms with van der Waals surface area (Å²) in [6.45, 7) is 0. The quantitative estimate of drug-likeness (QED) is 0.329. The van der Waals surface area contributed by atoms with Crippen LogP contribution in [-0.2, 0) is 10.0 Å². The summed E-state index contributed by atoms with van der Waals surface area (Å²) in [7, 11) is -4.12. The van der Waals surface area contributed by atoms with Crippen molar-refractivity contribution in [3.05, 3.63) is 74.7 Å². The number of sulfonamides is 1. The van der Waals surface area contributed by atoms with Gasteiger partial charge in [-0.25, -0.2) is 4.39 Å². The van der Waals surface area contributed by atoms with Gasteiger partial charge in [-0.15, -0.1) is 11.3 Å². The number of hydrogen-bond acceptors (Lipinski definition) is 4. The van der Waals surface area contributed by atoms with Gasteiger partial charge >= 0.3 is 29.6 Å². The summed E-state index contributed by atoms with van der Waals surface area (Å²) in [4.78, 5) is 0. The van der Waals surface area contributed by atoms with Crippen molar-refractivity contribution in [3.8, 4) is 0 Å². The van der Waals surface area contributed by atoms with Crippen molar-refractivity contribution in [1.82, 2.24) is 0 Å². The first-order valence-corrected chi connectivity index (χ1v) is 10.1. The SMILES string of the molecule is O=S(=O)(/C=C/c1csc2ccccc12)/N=C(\[O-])c1ccc(F)cc1Br.[Na+]. The van der Waals surface area contributed by atoms with Crippen molar-refractivity contribution < 1.29 is 47.5 Å². The fourth-order valence-electron chi connectivity index (χ4n) is 2.14. The minimum Gasteiger partial charge on any atom is -0.858 e. The van der Waals surface area contributed by atoms with Gasteiger partial charge in [-0.2, -0.15) is 12.8 Å². The molecule has 1 heterocycles. The van der Waals surface area contributed by atoms with Crippen LogP contribution in [0.25, 0.3) is 16.2 Å². The molecule has 0 radical (unpaired) electrons. The van der Waals surface area contributed by atoms with Gasteiger partial charge in [0.2, 0.25) is 0 Å². The average Bonchev–Trinajstić information content (AvgIpc) is 2.95. The van der Waals surface area contributed by atoms with E-state index in [1.165, 1.54) is 23.5 Å². The molecule has 0 N–H and O–H groups in total. The van der Waals surface area contributed by atoms with Crippen molar-refractivity contribution >= 4 is 59.3 Å². The van der Waals surface area contributed by atoms with Crippen LogP contribution in [0, 0.1) is 5.82 Å². The molecule has 0 fully saturated rings. The molecule has 1 aromatic heterocycles. The van der Waals surface area contributed by atoms with Crippen LogP contribution in [0.15, 0.2) is 62.1 Å². The van der Waals surface area contributed by atoms with E-state index in [0.29, 0.717) is 0 Å². The molecule has 0 aliphatic carbocycles. The zero-order valence-electron chi connectivity index (χ0n) is 13.5. The van der Waals surface area contributed by atoms with Crippen LogP contribution in [0.2, 0.25) is 0 Å². The Labute approximate surface area is 184 Å².